The molecule has 2 N–H and O–H groups in total. The predicted molar refractivity (Wildman–Crippen MR) is 87.0 cm³/mol. The Morgan fingerprint density at radius 3 is 3.04 bits per heavy atom. The summed E-state index contributed by atoms with van der Waals surface area (Å²) in [7, 11) is 0. The van der Waals surface area contributed by atoms with Gasteiger partial charge in [0.05, 0.1) is 4.88 Å². The monoisotopic (exact) mass is 343 g/mol. The van der Waals surface area contributed by atoms with E-state index in [-0.39, 0.29) is 23.6 Å². The number of oxazole rings is 1. The lowest BCUT2D eigenvalue weighted by Crippen LogP contribution is -2.40. The normalized spacial score (nSPS) is 27.2. The zero-order chi connectivity index (χ0) is 16.4. The van der Waals surface area contributed by atoms with Gasteiger partial charge in [-0.1, -0.05) is 0 Å². The van der Waals surface area contributed by atoms with Crippen molar-refractivity contribution in [3.8, 4) is 0 Å². The molecule has 2 aromatic rings. The second kappa shape index (κ2) is 4.92. The summed E-state index contributed by atoms with van der Waals surface area (Å²) in [4.78, 5) is 32.5. The van der Waals surface area contributed by atoms with E-state index in [2.05, 4.69) is 11.1 Å². The van der Waals surface area contributed by atoms with Gasteiger partial charge in [0, 0.05) is 23.4 Å². The maximum Gasteiger partial charge on any atom is 0.270 e. The van der Waals surface area contributed by atoms with E-state index >= 15 is 0 Å². The standard InChI is InChI=1S/C17H17N3O3S/c18-16(21)14-15(23-7-19-14)13-9-4-10(13)20(6-9)17(22)12-5-8-2-1-3-11(8)24-12/h5,7,9-10,13H,1-4,6H2,(H2,18,21). The Balaban J connectivity index is 1.40. The van der Waals surface area contributed by atoms with Crippen molar-refractivity contribution in [1.29, 1.82) is 0 Å². The third kappa shape index (κ3) is 1.84. The fourth-order valence-electron chi connectivity index (χ4n) is 4.49. The molecule has 2 saturated heterocycles. The van der Waals surface area contributed by atoms with Crippen LogP contribution >= 0.6 is 11.3 Å². The molecule has 0 aromatic carbocycles. The van der Waals surface area contributed by atoms with E-state index in [9.17, 15) is 9.59 Å². The molecule has 0 radical (unpaired) electrons. The van der Waals surface area contributed by atoms with E-state index in [1.54, 1.807) is 11.3 Å². The Bertz CT molecular complexity index is 834. The number of primary amides is 1. The van der Waals surface area contributed by atoms with Gasteiger partial charge in [0.2, 0.25) is 0 Å². The fraction of sp³-hybridized carbons (Fsp3) is 0.471. The summed E-state index contributed by atoms with van der Waals surface area (Å²) >= 11 is 1.64. The van der Waals surface area contributed by atoms with Crippen molar-refractivity contribution in [3.63, 3.8) is 0 Å². The van der Waals surface area contributed by atoms with E-state index < -0.39 is 5.91 Å². The summed E-state index contributed by atoms with van der Waals surface area (Å²) in [5, 5.41) is 0. The van der Waals surface area contributed by atoms with Crippen molar-refractivity contribution < 1.29 is 14.0 Å². The lowest BCUT2D eigenvalue weighted by molar-refractivity contribution is 0.0734. The number of amides is 2. The minimum Gasteiger partial charge on any atom is -0.447 e. The van der Waals surface area contributed by atoms with Crippen LogP contribution in [0.15, 0.2) is 16.9 Å². The summed E-state index contributed by atoms with van der Waals surface area (Å²) in [6, 6.07) is 2.16. The van der Waals surface area contributed by atoms with Crippen LogP contribution in [0.3, 0.4) is 0 Å². The highest BCUT2D eigenvalue weighted by Crippen LogP contribution is 2.53. The second-order valence-electron chi connectivity index (χ2n) is 6.89. The van der Waals surface area contributed by atoms with Gasteiger partial charge in [-0.3, -0.25) is 9.59 Å². The molecule has 2 aliphatic heterocycles. The Kier molecular flexibility index (Phi) is 2.92. The number of hydrogen-bond donors (Lipinski definition) is 1. The van der Waals surface area contributed by atoms with Crippen molar-refractivity contribution in [2.24, 2.45) is 11.7 Å². The minimum atomic E-state index is -0.572. The molecule has 6 rings (SSSR count). The summed E-state index contributed by atoms with van der Waals surface area (Å²) in [5.74, 6) is 0.470. The number of carbonyl (C=O) groups is 2. The summed E-state index contributed by atoms with van der Waals surface area (Å²) in [5.41, 5.74) is 6.93. The first kappa shape index (κ1) is 14.2. The number of fused-ring (bicyclic) bond motifs is 2. The highest BCUT2D eigenvalue weighted by Gasteiger charge is 2.56. The molecule has 0 spiro atoms. The number of nitrogens with two attached hydrogens (primary N) is 1. The molecule has 124 valence electrons. The van der Waals surface area contributed by atoms with Crippen LogP contribution in [0.25, 0.3) is 0 Å². The topological polar surface area (TPSA) is 89.4 Å². The maximum atomic E-state index is 12.9. The molecule has 2 aliphatic carbocycles. The molecule has 3 fully saturated rings. The summed E-state index contributed by atoms with van der Waals surface area (Å²) in [6.07, 6.45) is 5.62. The van der Waals surface area contributed by atoms with Gasteiger partial charge in [0.15, 0.2) is 12.1 Å². The molecule has 4 heterocycles. The van der Waals surface area contributed by atoms with Crippen molar-refractivity contribution in [2.75, 3.05) is 6.54 Å². The van der Waals surface area contributed by atoms with E-state index in [0.29, 0.717) is 11.7 Å². The van der Waals surface area contributed by atoms with Gasteiger partial charge in [-0.05, 0) is 43.2 Å². The average Bonchev–Trinajstić information content (AvgIpc) is 3.29. The number of rotatable bonds is 3. The number of carbonyl (C=O) groups excluding carboxylic acids is 2. The van der Waals surface area contributed by atoms with Crippen molar-refractivity contribution in [3.05, 3.63) is 39.2 Å². The van der Waals surface area contributed by atoms with Crippen LogP contribution in [-0.2, 0) is 12.8 Å². The molecule has 2 amide bonds. The van der Waals surface area contributed by atoms with Crippen molar-refractivity contribution in [1.82, 2.24) is 9.88 Å². The zero-order valence-electron chi connectivity index (χ0n) is 13.0. The molecule has 3 unspecified atom stereocenters. The van der Waals surface area contributed by atoms with E-state index in [0.717, 1.165) is 30.7 Å². The van der Waals surface area contributed by atoms with Crippen LogP contribution in [0.5, 0.6) is 0 Å². The Morgan fingerprint density at radius 2 is 2.25 bits per heavy atom. The lowest BCUT2D eigenvalue weighted by Gasteiger charge is -2.34. The first-order valence-corrected chi connectivity index (χ1v) is 9.11. The average molecular weight is 343 g/mol. The smallest absolute Gasteiger partial charge is 0.270 e. The van der Waals surface area contributed by atoms with Gasteiger partial charge >= 0.3 is 0 Å². The molecule has 2 aromatic heterocycles. The molecular weight excluding hydrogens is 326 g/mol. The molecule has 1 saturated carbocycles. The van der Waals surface area contributed by atoms with Crippen LogP contribution in [0.2, 0.25) is 0 Å². The van der Waals surface area contributed by atoms with E-state index in [1.165, 1.54) is 23.3 Å². The zero-order valence-corrected chi connectivity index (χ0v) is 13.8. The van der Waals surface area contributed by atoms with Crippen molar-refractivity contribution in [2.45, 2.75) is 37.6 Å². The third-order valence-electron chi connectivity index (χ3n) is 5.65. The van der Waals surface area contributed by atoms with Gasteiger partial charge in [0.25, 0.3) is 11.8 Å². The van der Waals surface area contributed by atoms with Crippen LogP contribution in [0.4, 0.5) is 0 Å². The highest BCUT2D eigenvalue weighted by molar-refractivity contribution is 7.14. The minimum absolute atomic E-state index is 0.0470. The number of aromatic nitrogens is 1. The molecule has 6 nitrogen and oxygen atoms in total. The summed E-state index contributed by atoms with van der Waals surface area (Å²) < 4.78 is 5.45. The SMILES string of the molecule is NC(=O)c1ncoc1C1C2CC1N(C(=O)c1cc3c(s1)CCC3)C2. The highest BCUT2D eigenvalue weighted by atomic mass is 32.1. The molecule has 3 atom stereocenters. The van der Waals surface area contributed by atoms with Crippen LogP contribution in [0.1, 0.15) is 55.1 Å². The molecule has 24 heavy (non-hydrogen) atoms. The first-order chi connectivity index (χ1) is 11.6. The number of hydrogen-bond acceptors (Lipinski definition) is 5. The Labute approximate surface area is 142 Å². The van der Waals surface area contributed by atoms with Gasteiger partial charge in [-0.2, -0.15) is 0 Å². The quantitative estimate of drug-likeness (QED) is 0.922. The first-order valence-electron chi connectivity index (χ1n) is 8.29. The van der Waals surface area contributed by atoms with Crippen LogP contribution in [-0.4, -0.2) is 34.3 Å². The Morgan fingerprint density at radius 1 is 1.38 bits per heavy atom. The van der Waals surface area contributed by atoms with Gasteiger partial charge in [-0.25, -0.2) is 4.98 Å². The number of thiophene rings is 1. The van der Waals surface area contributed by atoms with Gasteiger partial charge < -0.3 is 15.1 Å². The Hall–Kier alpha value is -2.15. The van der Waals surface area contributed by atoms with Gasteiger partial charge in [-0.15, -0.1) is 11.3 Å². The van der Waals surface area contributed by atoms with Crippen molar-refractivity contribution >= 4 is 23.2 Å². The predicted octanol–water partition coefficient (Wildman–Crippen LogP) is 1.95. The second-order valence-corrected chi connectivity index (χ2v) is 8.03. The van der Waals surface area contributed by atoms with Gasteiger partial charge in [0.1, 0.15) is 5.76 Å². The van der Waals surface area contributed by atoms with E-state index in [1.807, 2.05) is 4.90 Å². The van der Waals surface area contributed by atoms with Crippen LogP contribution < -0.4 is 5.73 Å². The maximum absolute atomic E-state index is 12.9. The summed E-state index contributed by atoms with van der Waals surface area (Å²) in [6.45, 7) is 0.718. The van der Waals surface area contributed by atoms with Crippen LogP contribution in [0, 0.1) is 5.92 Å². The number of aryl methyl sites for hydroxylation is 2. The largest absolute Gasteiger partial charge is 0.447 e. The fourth-order valence-corrected chi connectivity index (χ4v) is 5.70. The lowest BCUT2D eigenvalue weighted by atomic mass is 9.72. The van der Waals surface area contributed by atoms with E-state index in [4.69, 9.17) is 10.2 Å². The molecule has 4 aliphatic rings. The molecule has 7 heteroatoms. The molecular formula is C17H17N3O3S. The number of nitrogens with zero attached hydrogens (tertiary/aromatic N) is 2. The molecule has 2 bridgehead atoms. The third-order valence-corrected chi connectivity index (χ3v) is 6.87.